The van der Waals surface area contributed by atoms with Gasteiger partial charge in [0, 0.05) is 15.1 Å². The Balaban J connectivity index is 1.70. The number of amides is 1. The number of nitrogens with one attached hydrogen (secondary N) is 1. The number of halogens is 2. The summed E-state index contributed by atoms with van der Waals surface area (Å²) in [7, 11) is 0. The number of ether oxygens (including phenoxy) is 2. The number of carbonyl (C=O) groups is 2. The van der Waals surface area contributed by atoms with Crippen LogP contribution < -0.4 is 14.9 Å². The van der Waals surface area contributed by atoms with Crippen LogP contribution in [0.15, 0.2) is 76.3 Å². The summed E-state index contributed by atoms with van der Waals surface area (Å²) < 4.78 is 11.9. The van der Waals surface area contributed by atoms with Gasteiger partial charge in [0.1, 0.15) is 0 Å². The van der Waals surface area contributed by atoms with E-state index in [2.05, 4.69) is 26.5 Å². The van der Waals surface area contributed by atoms with Gasteiger partial charge in [0.25, 0.3) is 5.91 Å². The number of hydrazone groups is 1. The molecule has 0 bridgehead atoms. The van der Waals surface area contributed by atoms with E-state index in [0.717, 1.165) is 4.47 Å². The first kappa shape index (κ1) is 22.5. The van der Waals surface area contributed by atoms with E-state index in [-0.39, 0.29) is 11.7 Å². The van der Waals surface area contributed by atoms with Gasteiger partial charge in [-0.2, -0.15) is 5.10 Å². The highest BCUT2D eigenvalue weighted by molar-refractivity contribution is 9.10. The number of nitrogens with zero attached hydrogens (tertiary/aromatic N) is 1. The van der Waals surface area contributed by atoms with Gasteiger partial charge in [0.2, 0.25) is 0 Å². The number of hydrogen-bond acceptors (Lipinski definition) is 5. The fourth-order valence-corrected chi connectivity index (χ4v) is 3.09. The lowest BCUT2D eigenvalue weighted by atomic mass is 10.2. The Hall–Kier alpha value is -3.16. The molecule has 158 valence electrons. The minimum absolute atomic E-state index is 0.275. The van der Waals surface area contributed by atoms with Gasteiger partial charge in [0.05, 0.1) is 18.4 Å². The molecule has 0 heterocycles. The Labute approximate surface area is 193 Å². The Bertz CT molecular complexity index is 1120. The first-order valence-corrected chi connectivity index (χ1v) is 10.5. The van der Waals surface area contributed by atoms with Crippen LogP contribution >= 0.6 is 27.5 Å². The summed E-state index contributed by atoms with van der Waals surface area (Å²) in [5, 5.41) is 4.51. The van der Waals surface area contributed by atoms with E-state index in [1.807, 2.05) is 13.0 Å². The first-order valence-electron chi connectivity index (χ1n) is 9.30. The summed E-state index contributed by atoms with van der Waals surface area (Å²) in [4.78, 5) is 24.5. The molecule has 31 heavy (non-hydrogen) atoms. The highest BCUT2D eigenvalue weighted by Crippen LogP contribution is 2.29. The number of rotatable bonds is 7. The summed E-state index contributed by atoms with van der Waals surface area (Å²) in [5.41, 5.74) is 3.97. The van der Waals surface area contributed by atoms with Crippen molar-refractivity contribution in [2.24, 2.45) is 5.10 Å². The average Bonchev–Trinajstić information content (AvgIpc) is 2.76. The topological polar surface area (TPSA) is 77.0 Å². The lowest BCUT2D eigenvalue weighted by Crippen LogP contribution is -2.17. The second kappa shape index (κ2) is 10.7. The third-order valence-electron chi connectivity index (χ3n) is 4.02. The van der Waals surface area contributed by atoms with Gasteiger partial charge in [-0.05, 0) is 73.2 Å². The molecule has 1 N–H and O–H groups in total. The molecule has 0 aliphatic heterocycles. The van der Waals surface area contributed by atoms with Crippen molar-refractivity contribution in [1.29, 1.82) is 0 Å². The van der Waals surface area contributed by atoms with Crippen molar-refractivity contribution in [2.45, 2.75) is 6.92 Å². The standard InChI is InChI=1S/C23H18BrClN2O4/c1-2-30-21-12-15(14-26-27-22(28)17-4-3-5-18(24)13-17)6-11-20(21)31-23(29)16-7-9-19(25)10-8-16/h3-14H,2H2,1H3,(H,27,28)/b26-14+. The molecule has 0 fully saturated rings. The van der Waals surface area contributed by atoms with E-state index < -0.39 is 5.97 Å². The quantitative estimate of drug-likeness (QED) is 0.201. The molecule has 8 heteroatoms. The summed E-state index contributed by atoms with van der Waals surface area (Å²) in [5.74, 6) is -0.208. The Kier molecular flexibility index (Phi) is 7.81. The molecule has 0 atom stereocenters. The largest absolute Gasteiger partial charge is 0.490 e. The molecular formula is C23H18BrClN2O4. The molecule has 0 unspecified atom stereocenters. The fraction of sp³-hybridized carbons (Fsp3) is 0.0870. The molecule has 0 saturated carbocycles. The van der Waals surface area contributed by atoms with Crippen LogP contribution in [0.3, 0.4) is 0 Å². The molecule has 0 radical (unpaired) electrons. The zero-order valence-corrected chi connectivity index (χ0v) is 18.8. The zero-order valence-electron chi connectivity index (χ0n) is 16.5. The van der Waals surface area contributed by atoms with Crippen LogP contribution in [0.4, 0.5) is 0 Å². The van der Waals surface area contributed by atoms with Crippen LogP contribution in [-0.2, 0) is 0 Å². The lowest BCUT2D eigenvalue weighted by Gasteiger charge is -2.11. The third-order valence-corrected chi connectivity index (χ3v) is 4.76. The smallest absolute Gasteiger partial charge is 0.343 e. The van der Waals surface area contributed by atoms with Gasteiger partial charge in [-0.3, -0.25) is 4.79 Å². The van der Waals surface area contributed by atoms with Crippen molar-refractivity contribution < 1.29 is 19.1 Å². The van der Waals surface area contributed by atoms with Crippen molar-refractivity contribution in [3.8, 4) is 11.5 Å². The van der Waals surface area contributed by atoms with Crippen LogP contribution in [0.1, 0.15) is 33.2 Å². The molecule has 3 rings (SSSR count). The Morgan fingerprint density at radius 2 is 1.81 bits per heavy atom. The van der Waals surface area contributed by atoms with Crippen LogP contribution in [0, 0.1) is 0 Å². The third kappa shape index (κ3) is 6.41. The van der Waals surface area contributed by atoms with Crippen LogP contribution in [0.25, 0.3) is 0 Å². The molecule has 0 aromatic heterocycles. The maximum absolute atomic E-state index is 12.4. The van der Waals surface area contributed by atoms with E-state index in [9.17, 15) is 9.59 Å². The van der Waals surface area contributed by atoms with Crippen molar-refractivity contribution >= 4 is 45.6 Å². The van der Waals surface area contributed by atoms with E-state index in [1.165, 1.54) is 6.21 Å². The fourth-order valence-electron chi connectivity index (χ4n) is 2.56. The molecule has 0 aliphatic rings. The maximum Gasteiger partial charge on any atom is 0.343 e. The maximum atomic E-state index is 12.4. The van der Waals surface area contributed by atoms with E-state index >= 15 is 0 Å². The SMILES string of the molecule is CCOc1cc(/C=N/NC(=O)c2cccc(Br)c2)ccc1OC(=O)c1ccc(Cl)cc1. The van der Waals surface area contributed by atoms with Crippen LogP contribution in [0.5, 0.6) is 11.5 Å². The predicted molar refractivity (Wildman–Crippen MR) is 123 cm³/mol. The number of hydrogen-bond donors (Lipinski definition) is 1. The summed E-state index contributed by atoms with van der Waals surface area (Å²) in [6.07, 6.45) is 1.48. The Morgan fingerprint density at radius 3 is 2.52 bits per heavy atom. The van der Waals surface area contributed by atoms with Crippen molar-refractivity contribution in [1.82, 2.24) is 5.43 Å². The van der Waals surface area contributed by atoms with Crippen molar-refractivity contribution in [3.05, 3.63) is 92.9 Å². The summed E-state index contributed by atoms with van der Waals surface area (Å²) >= 11 is 9.18. The number of carbonyl (C=O) groups excluding carboxylic acids is 2. The molecule has 6 nitrogen and oxygen atoms in total. The van der Waals surface area contributed by atoms with Gasteiger partial charge < -0.3 is 9.47 Å². The molecule has 1 amide bonds. The van der Waals surface area contributed by atoms with E-state index in [0.29, 0.717) is 34.1 Å². The minimum Gasteiger partial charge on any atom is -0.490 e. The van der Waals surface area contributed by atoms with Gasteiger partial charge in [-0.25, -0.2) is 10.2 Å². The van der Waals surface area contributed by atoms with Gasteiger partial charge >= 0.3 is 5.97 Å². The summed E-state index contributed by atoms with van der Waals surface area (Å²) in [6, 6.07) is 18.3. The van der Waals surface area contributed by atoms with Crippen molar-refractivity contribution in [2.75, 3.05) is 6.61 Å². The zero-order chi connectivity index (χ0) is 22.2. The van der Waals surface area contributed by atoms with Crippen molar-refractivity contribution in [3.63, 3.8) is 0 Å². The second-order valence-electron chi connectivity index (χ2n) is 6.25. The average molecular weight is 502 g/mol. The van der Waals surface area contributed by atoms with Gasteiger partial charge in [-0.1, -0.05) is 33.6 Å². The predicted octanol–water partition coefficient (Wildman–Crippen LogP) is 5.48. The molecule has 3 aromatic rings. The first-order chi connectivity index (χ1) is 15.0. The second-order valence-corrected chi connectivity index (χ2v) is 7.60. The Morgan fingerprint density at radius 1 is 1.03 bits per heavy atom. The molecule has 0 aliphatic carbocycles. The molecule has 3 aromatic carbocycles. The minimum atomic E-state index is -0.527. The molecule has 0 saturated heterocycles. The van der Waals surface area contributed by atoms with Crippen LogP contribution in [0.2, 0.25) is 5.02 Å². The van der Waals surface area contributed by atoms with Crippen LogP contribution in [-0.4, -0.2) is 24.7 Å². The van der Waals surface area contributed by atoms with E-state index in [4.69, 9.17) is 21.1 Å². The number of esters is 1. The summed E-state index contributed by atoms with van der Waals surface area (Å²) in [6.45, 7) is 2.20. The monoisotopic (exact) mass is 500 g/mol. The van der Waals surface area contributed by atoms with Gasteiger partial charge in [-0.15, -0.1) is 0 Å². The lowest BCUT2D eigenvalue weighted by molar-refractivity contribution is 0.0728. The molecular weight excluding hydrogens is 484 g/mol. The normalized spacial score (nSPS) is 10.7. The molecule has 0 spiro atoms. The highest BCUT2D eigenvalue weighted by atomic mass is 79.9. The van der Waals surface area contributed by atoms with E-state index in [1.54, 1.807) is 60.7 Å². The number of benzene rings is 3. The van der Waals surface area contributed by atoms with Gasteiger partial charge in [0.15, 0.2) is 11.5 Å². The highest BCUT2D eigenvalue weighted by Gasteiger charge is 2.13.